The number of piperidine rings is 1. The fraction of sp³-hybridized carbons (Fsp3) is 0.692. The van der Waals surface area contributed by atoms with E-state index in [-0.39, 0.29) is 0 Å². The molecule has 2 rings (SSSR count). The maximum Gasteiger partial charge on any atom is 0.137 e. The van der Waals surface area contributed by atoms with Crippen molar-refractivity contribution in [3.63, 3.8) is 0 Å². The second kappa shape index (κ2) is 5.21. The van der Waals surface area contributed by atoms with Crippen LogP contribution in [0.3, 0.4) is 0 Å². The molecule has 0 spiro atoms. The maximum absolute atomic E-state index is 6.19. The highest BCUT2D eigenvalue weighted by atomic mass is 35.5. The van der Waals surface area contributed by atoms with Gasteiger partial charge in [0.05, 0.1) is 0 Å². The Hall–Kier alpha value is -0.830. The molecule has 0 N–H and O–H groups in total. The molecule has 1 aliphatic heterocycles. The van der Waals surface area contributed by atoms with E-state index in [9.17, 15) is 0 Å². The van der Waals surface area contributed by atoms with E-state index in [0.29, 0.717) is 11.2 Å². The van der Waals surface area contributed by atoms with E-state index in [0.717, 1.165) is 30.2 Å². The number of nitrogens with zero attached hydrogens (tertiary/aromatic N) is 3. The molecule has 0 aromatic carbocycles. The fourth-order valence-electron chi connectivity index (χ4n) is 2.37. The van der Waals surface area contributed by atoms with Crippen LogP contribution in [0, 0.1) is 6.92 Å². The molecule has 1 saturated heterocycles. The predicted molar refractivity (Wildman–Crippen MR) is 71.8 cm³/mol. The molecule has 0 bridgehead atoms. The number of hydrogen-bond acceptors (Lipinski definition) is 3. The summed E-state index contributed by atoms with van der Waals surface area (Å²) in [5.74, 6) is 1.88. The highest BCUT2D eigenvalue weighted by Gasteiger charge is 2.22. The van der Waals surface area contributed by atoms with Gasteiger partial charge in [0.2, 0.25) is 0 Å². The zero-order chi connectivity index (χ0) is 12.4. The minimum Gasteiger partial charge on any atom is -0.354 e. The molecular formula is C13H20ClN3. The van der Waals surface area contributed by atoms with Gasteiger partial charge in [-0.25, -0.2) is 9.97 Å². The van der Waals surface area contributed by atoms with Crippen LogP contribution < -0.4 is 4.90 Å². The largest absolute Gasteiger partial charge is 0.354 e. The summed E-state index contributed by atoms with van der Waals surface area (Å²) < 4.78 is 0. The molecule has 2 heterocycles. The van der Waals surface area contributed by atoms with Crippen molar-refractivity contribution in [3.05, 3.63) is 16.5 Å². The van der Waals surface area contributed by atoms with Crippen LogP contribution in [0.25, 0.3) is 0 Å². The van der Waals surface area contributed by atoms with Gasteiger partial charge in [-0.05, 0) is 33.1 Å². The number of aromatic nitrogens is 2. The molecule has 1 aliphatic rings. The van der Waals surface area contributed by atoms with Gasteiger partial charge < -0.3 is 4.90 Å². The lowest BCUT2D eigenvalue weighted by Crippen LogP contribution is -2.38. The molecule has 0 saturated carbocycles. The quantitative estimate of drug-likeness (QED) is 0.757. The first-order valence-electron chi connectivity index (χ1n) is 6.43. The number of halogens is 1. The topological polar surface area (TPSA) is 29.0 Å². The van der Waals surface area contributed by atoms with Crippen molar-refractivity contribution < 1.29 is 0 Å². The van der Waals surface area contributed by atoms with Gasteiger partial charge in [-0.1, -0.05) is 18.5 Å². The number of hydrogen-bond donors (Lipinski definition) is 0. The van der Waals surface area contributed by atoms with Crippen LogP contribution in [0.1, 0.15) is 44.5 Å². The van der Waals surface area contributed by atoms with E-state index < -0.39 is 0 Å². The molecule has 0 radical (unpaired) electrons. The molecule has 3 nitrogen and oxygen atoms in total. The zero-order valence-electron chi connectivity index (χ0n) is 10.8. The van der Waals surface area contributed by atoms with E-state index in [4.69, 9.17) is 11.6 Å². The Kier molecular flexibility index (Phi) is 3.87. The van der Waals surface area contributed by atoms with Crippen LogP contribution in [-0.4, -0.2) is 22.6 Å². The van der Waals surface area contributed by atoms with Crippen molar-refractivity contribution in [3.8, 4) is 0 Å². The van der Waals surface area contributed by atoms with Gasteiger partial charge in [0.15, 0.2) is 0 Å². The Morgan fingerprint density at radius 2 is 2.12 bits per heavy atom. The SMILES string of the molecule is CCc1nc(Cl)c(C)c(N2CCCCC2C)n1. The lowest BCUT2D eigenvalue weighted by Gasteiger charge is -2.35. The molecule has 0 amide bonds. The smallest absolute Gasteiger partial charge is 0.137 e. The molecule has 17 heavy (non-hydrogen) atoms. The summed E-state index contributed by atoms with van der Waals surface area (Å²) in [5.41, 5.74) is 1.01. The third-order valence-corrected chi connectivity index (χ3v) is 3.87. The lowest BCUT2D eigenvalue weighted by atomic mass is 10.0. The van der Waals surface area contributed by atoms with Gasteiger partial charge >= 0.3 is 0 Å². The third kappa shape index (κ3) is 2.54. The van der Waals surface area contributed by atoms with Gasteiger partial charge in [0.1, 0.15) is 16.8 Å². The van der Waals surface area contributed by atoms with Crippen LogP contribution in [0.2, 0.25) is 5.15 Å². The Labute approximate surface area is 108 Å². The Bertz CT molecular complexity index is 406. The summed E-state index contributed by atoms with van der Waals surface area (Å²) in [7, 11) is 0. The first kappa shape index (κ1) is 12.6. The second-order valence-electron chi connectivity index (χ2n) is 4.77. The van der Waals surface area contributed by atoms with Gasteiger partial charge in [0.25, 0.3) is 0 Å². The third-order valence-electron chi connectivity index (χ3n) is 3.50. The molecule has 1 aromatic rings. The molecule has 1 aromatic heterocycles. The predicted octanol–water partition coefficient (Wildman–Crippen LogP) is 3.38. The highest BCUT2D eigenvalue weighted by molar-refractivity contribution is 6.30. The zero-order valence-corrected chi connectivity index (χ0v) is 11.6. The van der Waals surface area contributed by atoms with E-state index in [2.05, 4.69) is 28.7 Å². The molecule has 4 heteroatoms. The maximum atomic E-state index is 6.19. The fourth-order valence-corrected chi connectivity index (χ4v) is 2.55. The van der Waals surface area contributed by atoms with Crippen molar-refractivity contribution in [2.45, 2.75) is 52.5 Å². The van der Waals surface area contributed by atoms with Crippen molar-refractivity contribution in [2.24, 2.45) is 0 Å². The summed E-state index contributed by atoms with van der Waals surface area (Å²) in [6, 6.07) is 0.554. The lowest BCUT2D eigenvalue weighted by molar-refractivity contribution is 0.479. The van der Waals surface area contributed by atoms with Crippen LogP contribution in [-0.2, 0) is 6.42 Å². The monoisotopic (exact) mass is 253 g/mol. The summed E-state index contributed by atoms with van der Waals surface area (Å²) in [5, 5.41) is 0.602. The number of aryl methyl sites for hydroxylation is 1. The molecular weight excluding hydrogens is 234 g/mol. The molecule has 1 fully saturated rings. The summed E-state index contributed by atoms with van der Waals surface area (Å²) in [6.07, 6.45) is 4.63. The van der Waals surface area contributed by atoms with E-state index in [1.165, 1.54) is 19.3 Å². The van der Waals surface area contributed by atoms with Gasteiger partial charge in [-0.2, -0.15) is 0 Å². The first-order chi connectivity index (χ1) is 8.13. The van der Waals surface area contributed by atoms with Crippen molar-refractivity contribution >= 4 is 17.4 Å². The van der Waals surface area contributed by atoms with E-state index in [1.54, 1.807) is 0 Å². The van der Waals surface area contributed by atoms with Crippen molar-refractivity contribution in [1.29, 1.82) is 0 Å². The van der Waals surface area contributed by atoms with Gasteiger partial charge in [0, 0.05) is 24.6 Å². The summed E-state index contributed by atoms with van der Waals surface area (Å²) in [4.78, 5) is 11.3. The van der Waals surface area contributed by atoms with Crippen LogP contribution in [0.4, 0.5) is 5.82 Å². The van der Waals surface area contributed by atoms with E-state index >= 15 is 0 Å². The minimum absolute atomic E-state index is 0.554. The van der Waals surface area contributed by atoms with Gasteiger partial charge in [-0.3, -0.25) is 0 Å². The van der Waals surface area contributed by atoms with Crippen LogP contribution in [0.15, 0.2) is 0 Å². The van der Waals surface area contributed by atoms with Crippen LogP contribution in [0.5, 0.6) is 0 Å². The number of anilines is 1. The normalized spacial score (nSPS) is 20.7. The summed E-state index contributed by atoms with van der Waals surface area (Å²) >= 11 is 6.19. The highest BCUT2D eigenvalue weighted by Crippen LogP contribution is 2.28. The molecule has 1 unspecified atom stereocenters. The molecule has 94 valence electrons. The first-order valence-corrected chi connectivity index (χ1v) is 6.81. The minimum atomic E-state index is 0.554. The van der Waals surface area contributed by atoms with Crippen LogP contribution >= 0.6 is 11.6 Å². The molecule has 0 aliphatic carbocycles. The average Bonchev–Trinajstić information content (AvgIpc) is 2.33. The van der Waals surface area contributed by atoms with Gasteiger partial charge in [-0.15, -0.1) is 0 Å². The average molecular weight is 254 g/mol. The Morgan fingerprint density at radius 1 is 1.35 bits per heavy atom. The van der Waals surface area contributed by atoms with Crippen molar-refractivity contribution in [1.82, 2.24) is 9.97 Å². The number of rotatable bonds is 2. The standard InChI is InChI=1S/C13H20ClN3/c1-4-11-15-12(14)10(3)13(16-11)17-8-6-5-7-9(17)2/h9H,4-8H2,1-3H3. The van der Waals surface area contributed by atoms with Crippen molar-refractivity contribution in [2.75, 3.05) is 11.4 Å². The summed E-state index contributed by atoms with van der Waals surface area (Å²) in [6.45, 7) is 7.42. The Balaban J connectivity index is 2.38. The van der Waals surface area contributed by atoms with E-state index in [1.807, 2.05) is 6.92 Å². The Morgan fingerprint density at radius 3 is 2.76 bits per heavy atom. The second-order valence-corrected chi connectivity index (χ2v) is 5.13. The molecule has 1 atom stereocenters.